The van der Waals surface area contributed by atoms with Crippen molar-refractivity contribution in [2.75, 3.05) is 19.6 Å². The zero-order chi connectivity index (χ0) is 13.9. The second-order valence-corrected chi connectivity index (χ2v) is 7.48. The lowest BCUT2D eigenvalue weighted by molar-refractivity contribution is -0.151. The minimum Gasteiger partial charge on any atom is -0.481 e. The van der Waals surface area contributed by atoms with Crippen molar-refractivity contribution in [3.63, 3.8) is 0 Å². The molecule has 0 radical (unpaired) electrons. The highest BCUT2D eigenvalue weighted by atomic mass is 16.4. The number of nitrogens with zero attached hydrogens (tertiary/aromatic N) is 1. The number of hydrogen-bond donors (Lipinski definition) is 1. The summed E-state index contributed by atoms with van der Waals surface area (Å²) in [6, 6.07) is 0. The molecule has 0 aromatic rings. The quantitative estimate of drug-likeness (QED) is 0.795. The summed E-state index contributed by atoms with van der Waals surface area (Å²) in [6.45, 7) is 7.52. The molecule has 3 heteroatoms. The van der Waals surface area contributed by atoms with E-state index in [4.69, 9.17) is 0 Å². The predicted molar refractivity (Wildman–Crippen MR) is 77.2 cm³/mol. The third-order valence-electron chi connectivity index (χ3n) is 5.02. The monoisotopic (exact) mass is 267 g/mol. The fraction of sp³-hybridized carbons (Fsp3) is 0.938. The molecule has 0 amide bonds. The molecular formula is C16H29NO2. The number of hydrogen-bond acceptors (Lipinski definition) is 2. The van der Waals surface area contributed by atoms with E-state index in [1.807, 2.05) is 0 Å². The second-order valence-electron chi connectivity index (χ2n) is 7.48. The molecule has 3 nitrogen and oxygen atoms in total. The van der Waals surface area contributed by atoms with Crippen molar-refractivity contribution >= 4 is 5.97 Å². The number of carbonyl (C=O) groups is 1. The zero-order valence-corrected chi connectivity index (χ0v) is 12.6. The predicted octanol–water partition coefficient (Wildman–Crippen LogP) is 3.53. The molecule has 1 aliphatic heterocycles. The first kappa shape index (κ1) is 14.8. The molecule has 1 saturated carbocycles. The maximum Gasteiger partial charge on any atom is 0.310 e. The number of carboxylic acid groups (broad SMARTS) is 1. The molecular weight excluding hydrogens is 238 g/mol. The molecule has 1 heterocycles. The van der Waals surface area contributed by atoms with Crippen LogP contribution in [-0.4, -0.2) is 35.6 Å². The Morgan fingerprint density at radius 1 is 1.05 bits per heavy atom. The summed E-state index contributed by atoms with van der Waals surface area (Å²) in [7, 11) is 0. The summed E-state index contributed by atoms with van der Waals surface area (Å²) in [5.41, 5.74) is -0.118. The van der Waals surface area contributed by atoms with Crippen molar-refractivity contribution in [2.24, 2.45) is 10.8 Å². The molecule has 0 atom stereocenters. The maximum atomic E-state index is 11.8. The van der Waals surface area contributed by atoms with Crippen LogP contribution in [-0.2, 0) is 4.79 Å². The third-order valence-corrected chi connectivity index (χ3v) is 5.02. The van der Waals surface area contributed by atoms with Gasteiger partial charge in [-0.3, -0.25) is 4.79 Å². The molecule has 19 heavy (non-hydrogen) atoms. The van der Waals surface area contributed by atoms with Crippen LogP contribution in [0, 0.1) is 10.8 Å². The first-order valence-corrected chi connectivity index (χ1v) is 7.89. The van der Waals surface area contributed by atoms with Gasteiger partial charge in [0.15, 0.2) is 0 Å². The molecule has 0 bridgehead atoms. The largest absolute Gasteiger partial charge is 0.481 e. The van der Waals surface area contributed by atoms with Gasteiger partial charge in [-0.25, -0.2) is 0 Å². The van der Waals surface area contributed by atoms with Gasteiger partial charge in [0.05, 0.1) is 5.41 Å². The number of carboxylic acids is 1. The fourth-order valence-electron chi connectivity index (χ4n) is 3.95. The van der Waals surface area contributed by atoms with Gasteiger partial charge in [-0.1, -0.05) is 39.5 Å². The van der Waals surface area contributed by atoms with Crippen LogP contribution in [0.25, 0.3) is 0 Å². The van der Waals surface area contributed by atoms with Gasteiger partial charge in [-0.05, 0) is 37.6 Å². The average Bonchev–Trinajstić information content (AvgIpc) is 2.54. The van der Waals surface area contributed by atoms with E-state index in [1.165, 1.54) is 25.7 Å². The number of likely N-dealkylation sites (tertiary alicyclic amines) is 1. The maximum absolute atomic E-state index is 11.8. The summed E-state index contributed by atoms with van der Waals surface area (Å²) in [5.74, 6) is -0.558. The summed E-state index contributed by atoms with van der Waals surface area (Å²) in [6.07, 6.45) is 8.82. The Morgan fingerprint density at radius 2 is 1.68 bits per heavy atom. The fourth-order valence-corrected chi connectivity index (χ4v) is 3.95. The van der Waals surface area contributed by atoms with Crippen LogP contribution < -0.4 is 0 Å². The first-order chi connectivity index (χ1) is 8.94. The lowest BCUT2D eigenvalue weighted by Crippen LogP contribution is -2.48. The number of piperidine rings is 1. The molecule has 2 rings (SSSR count). The van der Waals surface area contributed by atoms with Crippen LogP contribution in [0.1, 0.15) is 65.2 Å². The second kappa shape index (κ2) is 5.82. The highest BCUT2D eigenvalue weighted by Crippen LogP contribution is 2.38. The molecule has 0 unspecified atom stereocenters. The summed E-state index contributed by atoms with van der Waals surface area (Å²) in [5, 5.41) is 9.75. The lowest BCUT2D eigenvalue weighted by Gasteiger charge is -2.42. The smallest absolute Gasteiger partial charge is 0.310 e. The van der Waals surface area contributed by atoms with Gasteiger partial charge >= 0.3 is 5.97 Å². The van der Waals surface area contributed by atoms with Crippen LogP contribution in [0.4, 0.5) is 0 Å². The Kier molecular flexibility index (Phi) is 4.54. The number of rotatable bonds is 3. The van der Waals surface area contributed by atoms with E-state index in [2.05, 4.69) is 18.7 Å². The topological polar surface area (TPSA) is 40.5 Å². The molecule has 2 fully saturated rings. The summed E-state index contributed by atoms with van der Waals surface area (Å²) < 4.78 is 0. The van der Waals surface area contributed by atoms with Gasteiger partial charge in [0, 0.05) is 13.1 Å². The van der Waals surface area contributed by atoms with E-state index in [-0.39, 0.29) is 0 Å². The minimum atomic E-state index is -0.558. The van der Waals surface area contributed by atoms with Gasteiger partial charge in [0.1, 0.15) is 0 Å². The first-order valence-electron chi connectivity index (χ1n) is 7.89. The van der Waals surface area contributed by atoms with Crippen molar-refractivity contribution < 1.29 is 9.90 Å². The minimum absolute atomic E-state index is 0.350. The van der Waals surface area contributed by atoms with Crippen molar-refractivity contribution in [3.8, 4) is 0 Å². The van der Waals surface area contributed by atoms with Crippen molar-refractivity contribution in [3.05, 3.63) is 0 Å². The molecule has 110 valence electrons. The lowest BCUT2D eigenvalue weighted by atomic mass is 9.77. The van der Waals surface area contributed by atoms with Crippen molar-refractivity contribution in [1.29, 1.82) is 0 Å². The van der Waals surface area contributed by atoms with Crippen LogP contribution >= 0.6 is 0 Å². The molecule has 0 aromatic heterocycles. The zero-order valence-electron chi connectivity index (χ0n) is 12.6. The Balaban J connectivity index is 2.05. The molecule has 0 spiro atoms. The van der Waals surface area contributed by atoms with E-state index in [0.29, 0.717) is 5.41 Å². The molecule has 1 aliphatic carbocycles. The van der Waals surface area contributed by atoms with Gasteiger partial charge in [0.25, 0.3) is 0 Å². The Hall–Kier alpha value is -0.570. The van der Waals surface area contributed by atoms with E-state index >= 15 is 0 Å². The van der Waals surface area contributed by atoms with E-state index < -0.39 is 11.4 Å². The molecule has 1 saturated heterocycles. The van der Waals surface area contributed by atoms with Gasteiger partial charge in [-0.2, -0.15) is 0 Å². The van der Waals surface area contributed by atoms with E-state index in [9.17, 15) is 9.90 Å². The SMILES string of the molecule is CC1(C)CCCN(CC2(C(=O)O)CCCCCC2)C1. The van der Waals surface area contributed by atoms with Gasteiger partial charge in [-0.15, -0.1) is 0 Å². The summed E-state index contributed by atoms with van der Waals surface area (Å²) >= 11 is 0. The highest BCUT2D eigenvalue weighted by Gasteiger charge is 2.41. The molecule has 2 aliphatic rings. The third kappa shape index (κ3) is 3.71. The van der Waals surface area contributed by atoms with Gasteiger partial charge < -0.3 is 10.0 Å². The Morgan fingerprint density at radius 3 is 2.21 bits per heavy atom. The van der Waals surface area contributed by atoms with Crippen LogP contribution in [0.2, 0.25) is 0 Å². The average molecular weight is 267 g/mol. The Bertz CT molecular complexity index is 317. The van der Waals surface area contributed by atoms with Crippen molar-refractivity contribution in [2.45, 2.75) is 65.2 Å². The number of aliphatic carboxylic acids is 1. The van der Waals surface area contributed by atoms with E-state index in [1.54, 1.807) is 0 Å². The van der Waals surface area contributed by atoms with Crippen molar-refractivity contribution in [1.82, 2.24) is 4.90 Å². The summed E-state index contributed by atoms with van der Waals surface area (Å²) in [4.78, 5) is 14.3. The normalized spacial score (nSPS) is 27.7. The van der Waals surface area contributed by atoms with Crippen LogP contribution in [0.3, 0.4) is 0 Å². The highest BCUT2D eigenvalue weighted by molar-refractivity contribution is 5.75. The molecule has 0 aromatic carbocycles. The van der Waals surface area contributed by atoms with E-state index in [0.717, 1.165) is 45.3 Å². The van der Waals surface area contributed by atoms with Gasteiger partial charge in [0.2, 0.25) is 0 Å². The molecule has 1 N–H and O–H groups in total. The Labute approximate surface area is 117 Å². The van der Waals surface area contributed by atoms with Crippen LogP contribution in [0.15, 0.2) is 0 Å². The standard InChI is InChI=1S/C16H29NO2/c1-15(2)8-7-11-17(12-15)13-16(14(18)19)9-5-3-4-6-10-16/h3-13H2,1-2H3,(H,18,19). The van der Waals surface area contributed by atoms with Crippen LogP contribution in [0.5, 0.6) is 0 Å².